The summed E-state index contributed by atoms with van der Waals surface area (Å²) in [5, 5.41) is 0.276. The molecule has 0 fully saturated rings. The van der Waals surface area contributed by atoms with Gasteiger partial charge in [0.15, 0.2) is 10.7 Å². The lowest BCUT2D eigenvalue weighted by atomic mass is 10.4. The summed E-state index contributed by atoms with van der Waals surface area (Å²) < 4.78 is 21.1. The van der Waals surface area contributed by atoms with Crippen molar-refractivity contribution >= 4 is 45.5 Å². The van der Waals surface area contributed by atoms with E-state index in [-0.39, 0.29) is 20.0 Å². The summed E-state index contributed by atoms with van der Waals surface area (Å²) in [5.41, 5.74) is 0. The van der Waals surface area contributed by atoms with Crippen molar-refractivity contribution < 1.29 is 8.42 Å². The molecule has 0 aliphatic rings. The van der Waals surface area contributed by atoms with Crippen molar-refractivity contribution in [2.45, 2.75) is 4.90 Å². The molecule has 0 bridgehead atoms. The van der Waals surface area contributed by atoms with Gasteiger partial charge in [-0.15, -0.1) is 0 Å². The van der Waals surface area contributed by atoms with Gasteiger partial charge in [-0.1, -0.05) is 34.8 Å². The van der Waals surface area contributed by atoms with Crippen molar-refractivity contribution in [1.29, 1.82) is 0 Å². The normalized spacial score (nSPS) is 10.7. The fourth-order valence-corrected chi connectivity index (χ4v) is 1.93. The third-order valence-corrected chi connectivity index (χ3v) is 3.40. The molecule has 0 N–H and O–H groups in total. The van der Waals surface area contributed by atoms with Crippen LogP contribution in [0, 0.1) is 0 Å². The summed E-state index contributed by atoms with van der Waals surface area (Å²) in [6, 6.07) is 2.69. The molecule has 0 saturated carbocycles. The smallest absolute Gasteiger partial charge is 0.169 e. The molecule has 2 nitrogen and oxygen atoms in total. The van der Waals surface area contributed by atoms with Gasteiger partial charge < -0.3 is 0 Å². The van der Waals surface area contributed by atoms with E-state index in [1.165, 1.54) is 12.1 Å². The zero-order valence-corrected chi connectivity index (χ0v) is 8.71. The Labute approximate surface area is 86.0 Å². The van der Waals surface area contributed by atoms with Crippen LogP contribution in [0.5, 0.6) is 0 Å². The second-order valence-corrected chi connectivity index (χ2v) is 4.11. The molecule has 1 rings (SSSR count). The van der Waals surface area contributed by atoms with Crippen LogP contribution in [0.1, 0.15) is 0 Å². The van der Waals surface area contributed by atoms with Crippen LogP contribution in [-0.2, 0) is 10.7 Å². The molecule has 1 aromatic carbocycles. The van der Waals surface area contributed by atoms with E-state index in [1.807, 2.05) is 0 Å². The molecule has 0 aromatic heterocycles. The minimum atomic E-state index is -2.72. The molecular formula is C6H3Cl3O2S. The molecule has 0 spiro atoms. The standard InChI is InChI=1S/C6H3Cl3O2S/c7-3-1-2-4(12(10)11)6(9)5(3)8/h1-2,12H. The lowest BCUT2D eigenvalue weighted by Gasteiger charge is -1.99. The molecule has 66 valence electrons. The number of thiol groups is 1. The first-order chi connectivity index (χ1) is 5.54. The maximum atomic E-state index is 10.5. The SMILES string of the molecule is O=[SH](=O)c1ccc(Cl)c(Cl)c1Cl. The van der Waals surface area contributed by atoms with E-state index in [0.717, 1.165) is 0 Å². The molecule has 0 amide bonds. The maximum absolute atomic E-state index is 10.5. The lowest BCUT2D eigenvalue weighted by Crippen LogP contribution is -1.83. The molecule has 6 heteroatoms. The molecule has 1 aromatic rings. The van der Waals surface area contributed by atoms with Gasteiger partial charge in [-0.25, -0.2) is 8.42 Å². The third kappa shape index (κ3) is 1.85. The fraction of sp³-hybridized carbons (Fsp3) is 0. The van der Waals surface area contributed by atoms with Crippen LogP contribution in [0.3, 0.4) is 0 Å². The van der Waals surface area contributed by atoms with E-state index in [1.54, 1.807) is 0 Å². The topological polar surface area (TPSA) is 34.1 Å². The number of hydrogen-bond acceptors (Lipinski definition) is 2. The highest BCUT2D eigenvalue weighted by Gasteiger charge is 2.09. The van der Waals surface area contributed by atoms with Crippen LogP contribution in [0.2, 0.25) is 15.1 Å². The van der Waals surface area contributed by atoms with Crippen LogP contribution in [-0.4, -0.2) is 8.42 Å². The molecule has 0 aliphatic heterocycles. The molecule has 0 heterocycles. The van der Waals surface area contributed by atoms with Crippen molar-refractivity contribution in [3.8, 4) is 0 Å². The van der Waals surface area contributed by atoms with E-state index in [9.17, 15) is 8.42 Å². The first kappa shape index (κ1) is 10.1. The van der Waals surface area contributed by atoms with Gasteiger partial charge >= 0.3 is 0 Å². The number of halogens is 3. The van der Waals surface area contributed by atoms with Crippen molar-refractivity contribution in [2.75, 3.05) is 0 Å². The van der Waals surface area contributed by atoms with E-state index in [0.29, 0.717) is 0 Å². The summed E-state index contributed by atoms with van der Waals surface area (Å²) in [7, 11) is -2.72. The lowest BCUT2D eigenvalue weighted by molar-refractivity contribution is 0.614. The average Bonchev–Trinajstić information content (AvgIpc) is 2.00. The van der Waals surface area contributed by atoms with Gasteiger partial charge in [0.25, 0.3) is 0 Å². The zero-order chi connectivity index (χ0) is 9.30. The van der Waals surface area contributed by atoms with E-state index in [4.69, 9.17) is 34.8 Å². The average molecular weight is 246 g/mol. The van der Waals surface area contributed by atoms with Crippen molar-refractivity contribution in [1.82, 2.24) is 0 Å². The summed E-state index contributed by atoms with van der Waals surface area (Å²) in [6.45, 7) is 0. The number of benzene rings is 1. The van der Waals surface area contributed by atoms with Crippen molar-refractivity contribution in [3.63, 3.8) is 0 Å². The molecule has 0 unspecified atom stereocenters. The Bertz CT molecular complexity index is 379. The Kier molecular flexibility index (Phi) is 3.23. The summed E-state index contributed by atoms with van der Waals surface area (Å²) in [5.74, 6) is 0. The third-order valence-electron chi connectivity index (χ3n) is 1.21. The van der Waals surface area contributed by atoms with Crippen molar-refractivity contribution in [2.24, 2.45) is 0 Å². The molecule has 0 atom stereocenters. The Morgan fingerprint density at radius 1 is 1.00 bits per heavy atom. The highest BCUT2D eigenvalue weighted by atomic mass is 35.5. The minimum absolute atomic E-state index is 0.0129. The second kappa shape index (κ2) is 3.83. The Balaban J connectivity index is 3.46. The predicted octanol–water partition coefficient (Wildman–Crippen LogP) is 2.62. The zero-order valence-electron chi connectivity index (χ0n) is 5.55. The monoisotopic (exact) mass is 244 g/mol. The van der Waals surface area contributed by atoms with Gasteiger partial charge in [-0.05, 0) is 12.1 Å². The van der Waals surface area contributed by atoms with Gasteiger partial charge in [-0.3, -0.25) is 0 Å². The van der Waals surface area contributed by atoms with Gasteiger partial charge in [0.2, 0.25) is 0 Å². The molecule has 12 heavy (non-hydrogen) atoms. The number of hydrogen-bond donors (Lipinski definition) is 1. The van der Waals surface area contributed by atoms with E-state index in [2.05, 4.69) is 0 Å². The minimum Gasteiger partial charge on any atom is -0.227 e. The van der Waals surface area contributed by atoms with Crippen molar-refractivity contribution in [3.05, 3.63) is 27.2 Å². The molecule has 0 aliphatic carbocycles. The molecule has 0 saturated heterocycles. The van der Waals surface area contributed by atoms with Crippen LogP contribution >= 0.6 is 34.8 Å². The van der Waals surface area contributed by atoms with Gasteiger partial charge in [0.1, 0.15) is 0 Å². The molecular weight excluding hydrogens is 242 g/mol. The number of rotatable bonds is 1. The van der Waals surface area contributed by atoms with Crippen LogP contribution in [0.4, 0.5) is 0 Å². The highest BCUT2D eigenvalue weighted by Crippen LogP contribution is 2.33. The van der Waals surface area contributed by atoms with Crippen LogP contribution in [0.25, 0.3) is 0 Å². The molecule has 0 radical (unpaired) electrons. The summed E-state index contributed by atoms with van der Waals surface area (Å²) >= 11 is 16.8. The second-order valence-electron chi connectivity index (χ2n) is 1.95. The largest absolute Gasteiger partial charge is 0.227 e. The van der Waals surface area contributed by atoms with Gasteiger partial charge in [-0.2, -0.15) is 0 Å². The summed E-state index contributed by atoms with van der Waals surface area (Å²) in [6.07, 6.45) is 0. The highest BCUT2D eigenvalue weighted by molar-refractivity contribution is 7.72. The maximum Gasteiger partial charge on any atom is 0.169 e. The van der Waals surface area contributed by atoms with Gasteiger partial charge in [0, 0.05) is 0 Å². The van der Waals surface area contributed by atoms with Crippen LogP contribution in [0.15, 0.2) is 17.0 Å². The Morgan fingerprint density at radius 3 is 2.08 bits per heavy atom. The Hall–Kier alpha value is 0.0400. The summed E-state index contributed by atoms with van der Waals surface area (Å²) in [4.78, 5) is -0.0129. The van der Waals surface area contributed by atoms with E-state index >= 15 is 0 Å². The Morgan fingerprint density at radius 2 is 1.58 bits per heavy atom. The van der Waals surface area contributed by atoms with Gasteiger partial charge in [0.05, 0.1) is 20.0 Å². The van der Waals surface area contributed by atoms with Crippen LogP contribution < -0.4 is 0 Å². The predicted molar refractivity (Wildman–Crippen MR) is 50.1 cm³/mol. The van der Waals surface area contributed by atoms with E-state index < -0.39 is 10.7 Å². The fourth-order valence-electron chi connectivity index (χ4n) is 0.657. The first-order valence-corrected chi connectivity index (χ1v) is 5.13. The first-order valence-electron chi connectivity index (χ1n) is 2.82. The quantitative estimate of drug-likeness (QED) is 0.610.